The van der Waals surface area contributed by atoms with Crippen molar-refractivity contribution in [2.45, 2.75) is 12.8 Å². The zero-order valence-corrected chi connectivity index (χ0v) is 8.40. The van der Waals surface area contributed by atoms with E-state index in [1.165, 1.54) is 11.1 Å². The molecule has 1 aliphatic rings. The van der Waals surface area contributed by atoms with Crippen molar-refractivity contribution in [1.82, 2.24) is 4.98 Å². The number of rotatable bonds is 1. The summed E-state index contributed by atoms with van der Waals surface area (Å²) in [6, 6.07) is 10.3. The van der Waals surface area contributed by atoms with Crippen LogP contribution in [0.1, 0.15) is 12.8 Å². The van der Waals surface area contributed by atoms with E-state index in [-0.39, 0.29) is 0 Å². The van der Waals surface area contributed by atoms with Crippen LogP contribution in [-0.4, -0.2) is 10.7 Å². The molecule has 1 heterocycles. The van der Waals surface area contributed by atoms with Gasteiger partial charge in [-0.15, -0.1) is 0 Å². The van der Waals surface area contributed by atoms with Crippen LogP contribution in [0.25, 0.3) is 10.9 Å². The highest BCUT2D eigenvalue weighted by Gasteiger charge is 2.02. The van der Waals surface area contributed by atoms with Gasteiger partial charge in [-0.3, -0.25) is 0 Å². The summed E-state index contributed by atoms with van der Waals surface area (Å²) in [6.07, 6.45) is 6.46. The van der Waals surface area contributed by atoms with Gasteiger partial charge in [-0.25, -0.2) is 4.99 Å². The van der Waals surface area contributed by atoms with Gasteiger partial charge in [-0.1, -0.05) is 24.3 Å². The molecule has 0 atom stereocenters. The number of hydrogen-bond acceptors (Lipinski definition) is 1. The van der Waals surface area contributed by atoms with Gasteiger partial charge in [0.1, 0.15) is 5.82 Å². The SMILES string of the molecule is C1=CC(=Nc2cc3ccccc3[nH]2)CC1. The van der Waals surface area contributed by atoms with E-state index >= 15 is 0 Å². The van der Waals surface area contributed by atoms with Gasteiger partial charge in [-0.05, 0) is 31.1 Å². The Morgan fingerprint density at radius 2 is 2.13 bits per heavy atom. The third-order valence-electron chi connectivity index (χ3n) is 2.66. The van der Waals surface area contributed by atoms with E-state index in [0.717, 1.165) is 24.2 Å². The molecule has 0 amide bonds. The van der Waals surface area contributed by atoms with Gasteiger partial charge in [0.2, 0.25) is 0 Å². The molecule has 1 aromatic heterocycles. The third kappa shape index (κ3) is 1.59. The Hall–Kier alpha value is -1.83. The summed E-state index contributed by atoms with van der Waals surface area (Å²) in [5.41, 5.74) is 2.32. The minimum atomic E-state index is 0.956. The normalized spacial score (nSPS) is 18.0. The average Bonchev–Trinajstić information content (AvgIpc) is 2.86. The van der Waals surface area contributed by atoms with Crippen molar-refractivity contribution in [3.63, 3.8) is 0 Å². The fourth-order valence-electron chi connectivity index (χ4n) is 1.90. The third-order valence-corrected chi connectivity index (χ3v) is 2.66. The standard InChI is InChI=1S/C13H12N2/c1-4-8-12-10(5-1)9-13(15-12)14-11-6-2-3-7-11/h1-2,4-6,8-9,15H,3,7H2. The van der Waals surface area contributed by atoms with E-state index in [4.69, 9.17) is 0 Å². The monoisotopic (exact) mass is 196 g/mol. The number of H-pyrrole nitrogens is 1. The van der Waals surface area contributed by atoms with Crippen LogP contribution in [0.5, 0.6) is 0 Å². The number of nitrogens with zero attached hydrogens (tertiary/aromatic N) is 1. The summed E-state index contributed by atoms with van der Waals surface area (Å²) in [7, 11) is 0. The molecule has 15 heavy (non-hydrogen) atoms. The van der Waals surface area contributed by atoms with Crippen LogP contribution in [-0.2, 0) is 0 Å². The summed E-state index contributed by atoms with van der Waals surface area (Å²) >= 11 is 0. The van der Waals surface area contributed by atoms with Gasteiger partial charge < -0.3 is 4.98 Å². The fraction of sp³-hybridized carbons (Fsp3) is 0.154. The molecule has 0 bridgehead atoms. The molecule has 0 saturated heterocycles. The Balaban J connectivity index is 2.05. The van der Waals surface area contributed by atoms with Crippen molar-refractivity contribution < 1.29 is 0 Å². The number of nitrogens with one attached hydrogen (secondary N) is 1. The molecule has 2 aromatic rings. The summed E-state index contributed by atoms with van der Waals surface area (Å²) < 4.78 is 0. The van der Waals surface area contributed by atoms with Gasteiger partial charge in [-0.2, -0.15) is 0 Å². The van der Waals surface area contributed by atoms with E-state index in [9.17, 15) is 0 Å². The minimum Gasteiger partial charge on any atom is -0.340 e. The summed E-state index contributed by atoms with van der Waals surface area (Å²) in [5.74, 6) is 0.956. The van der Waals surface area contributed by atoms with Gasteiger partial charge >= 0.3 is 0 Å². The second-order valence-electron chi connectivity index (χ2n) is 3.79. The van der Waals surface area contributed by atoms with Crippen molar-refractivity contribution in [2.75, 3.05) is 0 Å². The lowest BCUT2D eigenvalue weighted by atomic mass is 10.2. The summed E-state index contributed by atoms with van der Waals surface area (Å²) in [4.78, 5) is 7.87. The topological polar surface area (TPSA) is 28.1 Å². The zero-order valence-electron chi connectivity index (χ0n) is 8.40. The van der Waals surface area contributed by atoms with Crippen LogP contribution < -0.4 is 0 Å². The first-order chi connectivity index (χ1) is 7.42. The summed E-state index contributed by atoms with van der Waals surface area (Å²) in [5, 5.41) is 1.22. The Bertz CT molecular complexity index is 513. The van der Waals surface area contributed by atoms with Crippen LogP contribution in [0.15, 0.2) is 47.5 Å². The van der Waals surface area contributed by atoms with Gasteiger partial charge in [0.25, 0.3) is 0 Å². The Morgan fingerprint density at radius 1 is 1.20 bits per heavy atom. The molecule has 74 valence electrons. The molecule has 1 aromatic carbocycles. The molecular weight excluding hydrogens is 184 g/mol. The largest absolute Gasteiger partial charge is 0.340 e. The maximum Gasteiger partial charge on any atom is 0.131 e. The highest BCUT2D eigenvalue weighted by atomic mass is 14.9. The van der Waals surface area contributed by atoms with Gasteiger partial charge in [0.05, 0.1) is 0 Å². The lowest BCUT2D eigenvalue weighted by molar-refractivity contribution is 1.14. The average molecular weight is 196 g/mol. The van der Waals surface area contributed by atoms with Crippen LogP contribution in [0.2, 0.25) is 0 Å². The second-order valence-corrected chi connectivity index (χ2v) is 3.79. The van der Waals surface area contributed by atoms with E-state index in [0.29, 0.717) is 0 Å². The molecule has 1 N–H and O–H groups in total. The highest BCUT2D eigenvalue weighted by molar-refractivity contribution is 5.99. The van der Waals surface area contributed by atoms with Gasteiger partial charge in [0, 0.05) is 16.6 Å². The van der Waals surface area contributed by atoms with Crippen molar-refractivity contribution >= 4 is 22.4 Å². The number of aromatic nitrogens is 1. The number of benzene rings is 1. The first-order valence-corrected chi connectivity index (χ1v) is 5.24. The molecule has 2 heteroatoms. The maximum atomic E-state index is 4.57. The smallest absolute Gasteiger partial charge is 0.131 e. The molecule has 3 rings (SSSR count). The predicted molar refractivity (Wildman–Crippen MR) is 63.8 cm³/mol. The molecule has 0 unspecified atom stereocenters. The summed E-state index contributed by atoms with van der Waals surface area (Å²) in [6.45, 7) is 0. The number of para-hydroxylation sites is 1. The van der Waals surface area contributed by atoms with Crippen molar-refractivity contribution in [1.29, 1.82) is 0 Å². The number of allylic oxidation sites excluding steroid dienone is 2. The van der Waals surface area contributed by atoms with E-state index in [2.05, 4.69) is 40.3 Å². The minimum absolute atomic E-state index is 0.956. The molecule has 2 nitrogen and oxygen atoms in total. The number of fused-ring (bicyclic) bond motifs is 1. The molecule has 0 spiro atoms. The van der Waals surface area contributed by atoms with E-state index < -0.39 is 0 Å². The molecule has 0 aliphatic heterocycles. The van der Waals surface area contributed by atoms with Crippen LogP contribution >= 0.6 is 0 Å². The first kappa shape index (κ1) is 8.48. The fourth-order valence-corrected chi connectivity index (χ4v) is 1.90. The van der Waals surface area contributed by atoms with Crippen molar-refractivity contribution in [3.05, 3.63) is 42.5 Å². The van der Waals surface area contributed by atoms with Crippen LogP contribution in [0.3, 0.4) is 0 Å². The van der Waals surface area contributed by atoms with E-state index in [1.807, 2.05) is 12.1 Å². The van der Waals surface area contributed by atoms with Gasteiger partial charge in [0.15, 0.2) is 0 Å². The number of aliphatic imine (C=N–C) groups is 1. The predicted octanol–water partition coefficient (Wildman–Crippen LogP) is 3.59. The lowest BCUT2D eigenvalue weighted by Crippen LogP contribution is -1.84. The molecule has 0 saturated carbocycles. The molecule has 0 radical (unpaired) electrons. The lowest BCUT2D eigenvalue weighted by Gasteiger charge is -1.90. The quantitative estimate of drug-likeness (QED) is 0.722. The Labute approximate surface area is 88.3 Å². The highest BCUT2D eigenvalue weighted by Crippen LogP contribution is 2.21. The number of hydrogen-bond donors (Lipinski definition) is 1. The number of aromatic amines is 1. The van der Waals surface area contributed by atoms with Crippen molar-refractivity contribution in [3.8, 4) is 0 Å². The first-order valence-electron chi connectivity index (χ1n) is 5.24. The second kappa shape index (κ2) is 3.39. The van der Waals surface area contributed by atoms with E-state index in [1.54, 1.807) is 0 Å². The Morgan fingerprint density at radius 3 is 2.93 bits per heavy atom. The van der Waals surface area contributed by atoms with Crippen LogP contribution in [0.4, 0.5) is 5.82 Å². The van der Waals surface area contributed by atoms with Crippen LogP contribution in [0, 0.1) is 0 Å². The molecular formula is C13H12N2. The van der Waals surface area contributed by atoms with Crippen molar-refractivity contribution in [2.24, 2.45) is 4.99 Å². The molecule has 1 aliphatic carbocycles. The zero-order chi connectivity index (χ0) is 10.1. The maximum absolute atomic E-state index is 4.57. The molecule has 0 fully saturated rings. The Kier molecular flexibility index (Phi) is 1.91.